The number of rotatable bonds is 6. The first kappa shape index (κ1) is 20.0. The number of ether oxygens (including phenoxy) is 1. The van der Waals surface area contributed by atoms with E-state index in [1.54, 1.807) is 43.4 Å². The van der Waals surface area contributed by atoms with Gasteiger partial charge in [-0.2, -0.15) is 9.65 Å². The van der Waals surface area contributed by atoms with Crippen molar-refractivity contribution in [2.24, 2.45) is 0 Å². The van der Waals surface area contributed by atoms with Gasteiger partial charge in [0, 0.05) is 35.6 Å². The highest BCUT2D eigenvalue weighted by Crippen LogP contribution is 2.34. The molecule has 0 aliphatic heterocycles. The molecule has 0 bridgehead atoms. The lowest BCUT2D eigenvalue weighted by molar-refractivity contribution is 0.476. The number of nitriles is 1. The minimum absolute atomic E-state index is 0.239. The summed E-state index contributed by atoms with van der Waals surface area (Å²) in [7, 11) is 1.69. The summed E-state index contributed by atoms with van der Waals surface area (Å²) in [5, 5.41) is 19.8. The summed E-state index contributed by atoms with van der Waals surface area (Å²) in [6, 6.07) is 11.8. The van der Waals surface area contributed by atoms with Crippen LogP contribution >= 0.6 is 12.6 Å². The summed E-state index contributed by atoms with van der Waals surface area (Å²) in [6.07, 6.45) is 5.46. The zero-order valence-corrected chi connectivity index (χ0v) is 16.2. The van der Waals surface area contributed by atoms with Gasteiger partial charge in [0.25, 0.3) is 0 Å². The van der Waals surface area contributed by atoms with Crippen LogP contribution in [0.4, 0.5) is 4.39 Å². The Morgan fingerprint density at radius 3 is 2.79 bits per heavy atom. The molecule has 2 heterocycles. The van der Waals surface area contributed by atoms with Gasteiger partial charge in [0.1, 0.15) is 11.8 Å². The molecule has 0 amide bonds. The van der Waals surface area contributed by atoms with Gasteiger partial charge in [0.15, 0.2) is 5.75 Å². The predicted octanol–water partition coefficient (Wildman–Crippen LogP) is 4.45. The Labute approximate surface area is 172 Å². The van der Waals surface area contributed by atoms with Crippen molar-refractivity contribution < 1.29 is 9.13 Å². The SMILES string of the molecule is CN/C(=C\C=N)c1cc(-c2cccnc2F)ncc1Oc1ccc(S)cc1C#N. The van der Waals surface area contributed by atoms with Crippen molar-refractivity contribution in [2.75, 3.05) is 7.05 Å². The lowest BCUT2D eigenvalue weighted by Crippen LogP contribution is -2.07. The fourth-order valence-electron chi connectivity index (χ4n) is 2.66. The number of pyridine rings is 2. The normalized spacial score (nSPS) is 10.9. The van der Waals surface area contributed by atoms with Crippen LogP contribution in [0, 0.1) is 22.7 Å². The van der Waals surface area contributed by atoms with E-state index in [1.807, 2.05) is 0 Å². The van der Waals surface area contributed by atoms with Gasteiger partial charge in [0.2, 0.25) is 5.95 Å². The first-order valence-corrected chi connectivity index (χ1v) is 8.93. The average molecular weight is 405 g/mol. The fourth-order valence-corrected chi connectivity index (χ4v) is 2.87. The molecule has 2 aromatic heterocycles. The van der Waals surface area contributed by atoms with Gasteiger partial charge < -0.3 is 15.5 Å². The maximum atomic E-state index is 14.1. The Morgan fingerprint density at radius 1 is 1.28 bits per heavy atom. The standard InChI is InChI=1S/C21H16FN5OS/c1-25-17(6-7-23)16-10-18(15-3-2-8-26-21(15)22)27-12-20(16)28-19-5-4-14(29)9-13(19)11-24/h2-10,12,23,25,29H,1H3/b17-6-,23-7?. The molecule has 0 saturated carbocycles. The number of halogens is 1. The molecule has 0 unspecified atom stereocenters. The van der Waals surface area contributed by atoms with E-state index in [0.29, 0.717) is 38.9 Å². The van der Waals surface area contributed by atoms with Crippen molar-refractivity contribution in [2.45, 2.75) is 4.90 Å². The number of aromatic nitrogens is 2. The molecule has 3 aromatic rings. The predicted molar refractivity (Wildman–Crippen MR) is 112 cm³/mol. The minimum atomic E-state index is -0.641. The Hall–Kier alpha value is -3.70. The third-order valence-corrected chi connectivity index (χ3v) is 4.29. The van der Waals surface area contributed by atoms with Gasteiger partial charge in [-0.15, -0.1) is 12.6 Å². The molecule has 0 saturated heterocycles. The van der Waals surface area contributed by atoms with E-state index in [2.05, 4.69) is 34.0 Å². The molecule has 2 N–H and O–H groups in total. The summed E-state index contributed by atoms with van der Waals surface area (Å²) in [4.78, 5) is 8.59. The Bertz CT molecular complexity index is 1140. The molecule has 3 rings (SSSR count). The van der Waals surface area contributed by atoms with Gasteiger partial charge in [0.05, 0.1) is 23.0 Å². The van der Waals surface area contributed by atoms with Crippen LogP contribution in [0.2, 0.25) is 0 Å². The molecule has 8 heteroatoms. The zero-order valence-electron chi connectivity index (χ0n) is 15.3. The van der Waals surface area contributed by atoms with E-state index in [4.69, 9.17) is 10.1 Å². The minimum Gasteiger partial charge on any atom is -0.454 e. The number of allylic oxidation sites excluding steroid dienone is 1. The number of benzene rings is 1. The molecular formula is C21H16FN5OS. The smallest absolute Gasteiger partial charge is 0.222 e. The second-order valence-electron chi connectivity index (χ2n) is 5.80. The number of thiol groups is 1. The zero-order chi connectivity index (χ0) is 20.8. The maximum absolute atomic E-state index is 14.1. The second kappa shape index (κ2) is 8.99. The lowest BCUT2D eigenvalue weighted by atomic mass is 10.1. The molecule has 0 atom stereocenters. The largest absolute Gasteiger partial charge is 0.454 e. The molecule has 0 aliphatic carbocycles. The summed E-state index contributed by atoms with van der Waals surface area (Å²) in [5.74, 6) is 0.0284. The van der Waals surface area contributed by atoms with Crippen molar-refractivity contribution in [3.63, 3.8) is 0 Å². The highest BCUT2D eigenvalue weighted by atomic mass is 32.1. The van der Waals surface area contributed by atoms with Gasteiger partial charge in [-0.25, -0.2) is 4.98 Å². The molecule has 1 aromatic carbocycles. The summed E-state index contributed by atoms with van der Waals surface area (Å²) in [6.45, 7) is 0. The van der Waals surface area contributed by atoms with Gasteiger partial charge >= 0.3 is 0 Å². The van der Waals surface area contributed by atoms with Crippen LogP contribution in [0.5, 0.6) is 11.5 Å². The molecule has 144 valence electrons. The monoisotopic (exact) mass is 405 g/mol. The third-order valence-electron chi connectivity index (χ3n) is 4.02. The number of hydrogen-bond donors (Lipinski definition) is 3. The quantitative estimate of drug-likeness (QED) is 0.320. The molecule has 29 heavy (non-hydrogen) atoms. The summed E-state index contributed by atoms with van der Waals surface area (Å²) < 4.78 is 20.1. The molecule has 0 aliphatic rings. The molecule has 6 nitrogen and oxygen atoms in total. The maximum Gasteiger partial charge on any atom is 0.222 e. The van der Waals surface area contributed by atoms with Gasteiger partial charge in [-0.1, -0.05) is 0 Å². The van der Waals surface area contributed by atoms with E-state index >= 15 is 0 Å². The Kier molecular flexibility index (Phi) is 6.22. The third kappa shape index (κ3) is 4.42. The molecule has 0 fully saturated rings. The van der Waals surface area contributed by atoms with E-state index < -0.39 is 5.95 Å². The highest BCUT2D eigenvalue weighted by Gasteiger charge is 2.16. The molecule has 0 spiro atoms. The number of nitrogens with one attached hydrogen (secondary N) is 2. The van der Waals surface area contributed by atoms with Crippen LogP contribution in [0.25, 0.3) is 17.0 Å². The Morgan fingerprint density at radius 2 is 2.10 bits per heavy atom. The number of nitrogens with zero attached hydrogens (tertiary/aromatic N) is 3. The van der Waals surface area contributed by atoms with E-state index in [-0.39, 0.29) is 5.56 Å². The van der Waals surface area contributed by atoms with Gasteiger partial charge in [-0.05, 0) is 42.5 Å². The molecule has 0 radical (unpaired) electrons. The first-order chi connectivity index (χ1) is 14.1. The van der Waals surface area contributed by atoms with Crippen LogP contribution in [0.15, 0.2) is 59.8 Å². The highest BCUT2D eigenvalue weighted by molar-refractivity contribution is 7.80. The summed E-state index contributed by atoms with van der Waals surface area (Å²) in [5.41, 5.74) is 2.02. The lowest BCUT2D eigenvalue weighted by Gasteiger charge is -2.15. The van der Waals surface area contributed by atoms with Crippen molar-refractivity contribution in [1.82, 2.24) is 15.3 Å². The van der Waals surface area contributed by atoms with Crippen LogP contribution < -0.4 is 10.1 Å². The van der Waals surface area contributed by atoms with E-state index in [0.717, 1.165) is 6.21 Å². The fraction of sp³-hybridized carbons (Fsp3) is 0.0476. The van der Waals surface area contributed by atoms with E-state index in [9.17, 15) is 9.65 Å². The van der Waals surface area contributed by atoms with Crippen LogP contribution in [-0.2, 0) is 0 Å². The van der Waals surface area contributed by atoms with Gasteiger partial charge in [-0.3, -0.25) is 4.98 Å². The topological polar surface area (TPSA) is 94.7 Å². The molecular weight excluding hydrogens is 389 g/mol. The average Bonchev–Trinajstić information content (AvgIpc) is 2.74. The van der Waals surface area contributed by atoms with Crippen molar-refractivity contribution in [1.29, 1.82) is 10.7 Å². The summed E-state index contributed by atoms with van der Waals surface area (Å²) >= 11 is 4.24. The first-order valence-electron chi connectivity index (χ1n) is 8.48. The van der Waals surface area contributed by atoms with E-state index in [1.165, 1.54) is 18.5 Å². The number of hydrogen-bond acceptors (Lipinski definition) is 7. The second-order valence-corrected chi connectivity index (χ2v) is 6.32. The Balaban J connectivity index is 2.14. The van der Waals surface area contributed by atoms with Crippen molar-refractivity contribution >= 4 is 24.5 Å². The van der Waals surface area contributed by atoms with Crippen LogP contribution in [-0.4, -0.2) is 23.2 Å². The van der Waals surface area contributed by atoms with Crippen molar-refractivity contribution in [3.8, 4) is 28.8 Å². The van der Waals surface area contributed by atoms with Crippen molar-refractivity contribution in [3.05, 3.63) is 71.9 Å². The van der Waals surface area contributed by atoms with Crippen LogP contribution in [0.1, 0.15) is 11.1 Å². The van der Waals surface area contributed by atoms with Crippen LogP contribution in [0.3, 0.4) is 0 Å².